The Morgan fingerprint density at radius 2 is 2.04 bits per heavy atom. The van der Waals surface area contributed by atoms with E-state index >= 15 is 0 Å². The molecule has 0 saturated heterocycles. The van der Waals surface area contributed by atoms with Crippen molar-refractivity contribution >= 4 is 5.97 Å². The molecule has 3 rings (SSSR count). The Morgan fingerprint density at radius 1 is 1.32 bits per heavy atom. The fourth-order valence-corrected chi connectivity index (χ4v) is 3.60. The molecule has 0 spiro atoms. The normalized spacial score (nSPS) is 31.6. The molecule has 25 heavy (non-hydrogen) atoms. The van der Waals surface area contributed by atoms with Gasteiger partial charge in [0, 0.05) is 24.6 Å². The number of aromatic amines is 1. The third-order valence-corrected chi connectivity index (χ3v) is 4.89. The lowest BCUT2D eigenvalue weighted by atomic mass is 9.86. The number of aromatic nitrogens is 2. The number of H-pyrrole nitrogens is 1. The van der Waals surface area contributed by atoms with Crippen molar-refractivity contribution in [1.29, 1.82) is 0 Å². The predicted molar refractivity (Wildman–Crippen MR) is 87.9 cm³/mol. The van der Waals surface area contributed by atoms with Gasteiger partial charge in [0.15, 0.2) is 0 Å². The van der Waals surface area contributed by atoms with Gasteiger partial charge < -0.3 is 14.9 Å². The van der Waals surface area contributed by atoms with Crippen molar-refractivity contribution in [3.8, 4) is 0 Å². The van der Waals surface area contributed by atoms with Gasteiger partial charge in [-0.15, -0.1) is 0 Å². The summed E-state index contributed by atoms with van der Waals surface area (Å²) in [6, 6.07) is 0.454. The van der Waals surface area contributed by atoms with Crippen molar-refractivity contribution in [3.63, 3.8) is 0 Å². The van der Waals surface area contributed by atoms with E-state index < -0.39 is 35.4 Å². The van der Waals surface area contributed by atoms with Gasteiger partial charge in [-0.1, -0.05) is 19.9 Å². The average Bonchev–Trinajstić information content (AvgIpc) is 2.79. The maximum absolute atomic E-state index is 12.1. The molecule has 8 heteroatoms. The summed E-state index contributed by atoms with van der Waals surface area (Å²) in [5.74, 6) is -0.947. The minimum Gasteiger partial charge on any atom is -0.462 e. The molecule has 1 aromatic rings. The molecule has 8 nitrogen and oxygen atoms in total. The molecule has 3 N–H and O–H groups in total. The Labute approximate surface area is 143 Å². The molecular weight excluding hydrogens is 328 g/mol. The molecule has 1 aromatic heterocycles. The molecular formula is C17H22N2O6. The van der Waals surface area contributed by atoms with Crippen LogP contribution in [0.5, 0.6) is 0 Å². The summed E-state index contributed by atoms with van der Waals surface area (Å²) in [6.07, 6.45) is 1.35. The van der Waals surface area contributed by atoms with Crippen molar-refractivity contribution in [3.05, 3.63) is 44.8 Å². The number of carbonyl (C=O) groups is 1. The molecule has 1 fully saturated rings. The average molecular weight is 350 g/mol. The van der Waals surface area contributed by atoms with Gasteiger partial charge in [0.2, 0.25) is 0 Å². The van der Waals surface area contributed by atoms with Crippen LogP contribution in [-0.4, -0.2) is 44.0 Å². The minimum atomic E-state index is -1.18. The van der Waals surface area contributed by atoms with E-state index in [1.54, 1.807) is 13.8 Å². The molecule has 5 unspecified atom stereocenters. The summed E-state index contributed by atoms with van der Waals surface area (Å²) in [4.78, 5) is 37.2. The van der Waals surface area contributed by atoms with Gasteiger partial charge in [-0.05, 0) is 12.0 Å². The van der Waals surface area contributed by atoms with Crippen LogP contribution in [0.4, 0.5) is 0 Å². The summed E-state index contributed by atoms with van der Waals surface area (Å²) in [5, 5.41) is 20.9. The molecule has 0 aromatic carbocycles. The highest BCUT2D eigenvalue weighted by atomic mass is 16.5. The number of rotatable bonds is 3. The van der Waals surface area contributed by atoms with Gasteiger partial charge in [0.1, 0.15) is 12.2 Å². The topological polar surface area (TPSA) is 122 Å². The third kappa shape index (κ3) is 3.19. The standard InChI is InChI=1S/C17H22N2O6/c1-8(2)16(23)25-9-3-4-10-11(7-9)14(21)15(22)13(10)19-6-5-12(20)18-17(19)24/h4-6,8-9,11,13-15,21-22H,3,7H2,1-2H3,(H,18,20,24). The maximum atomic E-state index is 12.1. The third-order valence-electron chi connectivity index (χ3n) is 4.89. The van der Waals surface area contributed by atoms with E-state index in [-0.39, 0.29) is 18.0 Å². The first-order valence-corrected chi connectivity index (χ1v) is 8.37. The quantitative estimate of drug-likeness (QED) is 0.509. The Kier molecular flexibility index (Phi) is 4.66. The van der Waals surface area contributed by atoms with Crippen molar-refractivity contribution in [2.75, 3.05) is 0 Å². The number of nitrogens with zero attached hydrogens (tertiary/aromatic N) is 1. The number of hydrogen-bond donors (Lipinski definition) is 3. The van der Waals surface area contributed by atoms with E-state index in [2.05, 4.69) is 4.98 Å². The fourth-order valence-electron chi connectivity index (χ4n) is 3.60. The van der Waals surface area contributed by atoms with Crippen LogP contribution >= 0.6 is 0 Å². The lowest BCUT2D eigenvalue weighted by molar-refractivity contribution is -0.154. The smallest absolute Gasteiger partial charge is 0.328 e. The molecule has 1 saturated carbocycles. The second kappa shape index (κ2) is 6.61. The molecule has 2 aliphatic carbocycles. The molecule has 1 heterocycles. The zero-order valence-electron chi connectivity index (χ0n) is 14.1. The number of nitrogens with one attached hydrogen (secondary N) is 1. The summed E-state index contributed by atoms with van der Waals surface area (Å²) < 4.78 is 6.66. The summed E-state index contributed by atoms with van der Waals surface area (Å²) in [7, 11) is 0. The van der Waals surface area contributed by atoms with Gasteiger partial charge in [0.25, 0.3) is 5.56 Å². The minimum absolute atomic E-state index is 0.239. The predicted octanol–water partition coefficient (Wildman–Crippen LogP) is -0.283. The second-order valence-corrected chi connectivity index (χ2v) is 6.94. The first kappa shape index (κ1) is 17.6. The molecule has 2 aliphatic rings. The van der Waals surface area contributed by atoms with Crippen LogP contribution in [0.3, 0.4) is 0 Å². The first-order valence-electron chi connectivity index (χ1n) is 8.37. The second-order valence-electron chi connectivity index (χ2n) is 6.94. The lowest BCUT2D eigenvalue weighted by Crippen LogP contribution is -2.37. The molecule has 0 amide bonds. The number of hydrogen-bond acceptors (Lipinski definition) is 6. The van der Waals surface area contributed by atoms with Crippen LogP contribution in [0.25, 0.3) is 0 Å². The van der Waals surface area contributed by atoms with Gasteiger partial charge in [-0.2, -0.15) is 0 Å². The number of carbonyl (C=O) groups excluding carboxylic acids is 1. The van der Waals surface area contributed by atoms with E-state index in [0.29, 0.717) is 12.8 Å². The zero-order valence-corrected chi connectivity index (χ0v) is 14.1. The summed E-state index contributed by atoms with van der Waals surface area (Å²) >= 11 is 0. The van der Waals surface area contributed by atoms with Crippen LogP contribution in [0.15, 0.2) is 33.5 Å². The van der Waals surface area contributed by atoms with Crippen LogP contribution < -0.4 is 11.2 Å². The van der Waals surface area contributed by atoms with E-state index in [1.165, 1.54) is 16.8 Å². The van der Waals surface area contributed by atoms with E-state index in [4.69, 9.17) is 4.74 Å². The highest BCUT2D eigenvalue weighted by Crippen LogP contribution is 2.45. The van der Waals surface area contributed by atoms with Crippen LogP contribution in [0, 0.1) is 11.8 Å². The molecule has 136 valence electrons. The number of fused-ring (bicyclic) bond motifs is 1. The molecule has 0 bridgehead atoms. The highest BCUT2D eigenvalue weighted by Gasteiger charge is 2.49. The van der Waals surface area contributed by atoms with Crippen LogP contribution in [0.2, 0.25) is 0 Å². The Morgan fingerprint density at radius 3 is 2.68 bits per heavy atom. The highest BCUT2D eigenvalue weighted by molar-refractivity contribution is 5.71. The Hall–Kier alpha value is -2.19. The fraction of sp³-hybridized carbons (Fsp3) is 0.588. The van der Waals surface area contributed by atoms with Crippen LogP contribution in [0.1, 0.15) is 32.7 Å². The number of esters is 1. The molecule has 0 aliphatic heterocycles. The van der Waals surface area contributed by atoms with Gasteiger partial charge in [0.05, 0.1) is 18.1 Å². The number of ether oxygens (including phenoxy) is 1. The largest absolute Gasteiger partial charge is 0.462 e. The van der Waals surface area contributed by atoms with Crippen molar-refractivity contribution in [2.24, 2.45) is 11.8 Å². The first-order chi connectivity index (χ1) is 11.8. The SMILES string of the molecule is CC(C)C(=O)OC1CC=C2C(C1)C(O)C(O)C2n1ccc(=O)[nH]c1=O. The van der Waals surface area contributed by atoms with E-state index in [1.807, 2.05) is 6.08 Å². The number of aliphatic hydroxyl groups excluding tert-OH is 2. The monoisotopic (exact) mass is 350 g/mol. The van der Waals surface area contributed by atoms with Crippen molar-refractivity contribution < 1.29 is 19.7 Å². The van der Waals surface area contributed by atoms with Crippen molar-refractivity contribution in [1.82, 2.24) is 9.55 Å². The molecule has 0 radical (unpaired) electrons. The lowest BCUT2D eigenvalue weighted by Gasteiger charge is -2.28. The zero-order chi connectivity index (χ0) is 18.3. The Bertz CT molecular complexity index is 808. The molecule has 5 atom stereocenters. The van der Waals surface area contributed by atoms with Gasteiger partial charge in [-0.3, -0.25) is 19.1 Å². The summed E-state index contributed by atoms with van der Waals surface area (Å²) in [6.45, 7) is 3.50. The summed E-state index contributed by atoms with van der Waals surface area (Å²) in [5.41, 5.74) is -0.436. The van der Waals surface area contributed by atoms with Gasteiger partial charge >= 0.3 is 11.7 Å². The van der Waals surface area contributed by atoms with E-state index in [9.17, 15) is 24.6 Å². The number of aliphatic hydroxyl groups is 2. The van der Waals surface area contributed by atoms with Crippen LogP contribution in [-0.2, 0) is 9.53 Å². The Balaban J connectivity index is 1.89. The van der Waals surface area contributed by atoms with Gasteiger partial charge in [-0.25, -0.2) is 4.79 Å². The van der Waals surface area contributed by atoms with E-state index in [0.717, 1.165) is 5.57 Å². The van der Waals surface area contributed by atoms with Crippen molar-refractivity contribution in [2.45, 2.75) is 51.0 Å². The maximum Gasteiger partial charge on any atom is 0.328 e.